The summed E-state index contributed by atoms with van der Waals surface area (Å²) in [7, 11) is -0.427. The molecule has 0 radical (unpaired) electrons. The Morgan fingerprint density at radius 1 is 1.14 bits per heavy atom. The lowest BCUT2D eigenvalue weighted by Gasteiger charge is -2.17. The summed E-state index contributed by atoms with van der Waals surface area (Å²) in [6.07, 6.45) is 3.61. The van der Waals surface area contributed by atoms with Gasteiger partial charge < -0.3 is 14.8 Å². The molecule has 0 unspecified atom stereocenters. The summed E-state index contributed by atoms with van der Waals surface area (Å²) >= 11 is 12.0. The number of carbonyl (C=O) groups is 1. The van der Waals surface area contributed by atoms with E-state index in [1.165, 1.54) is 22.8 Å². The van der Waals surface area contributed by atoms with Gasteiger partial charge in [-0.05, 0) is 37.1 Å². The normalized spacial score (nSPS) is 16.7. The summed E-state index contributed by atoms with van der Waals surface area (Å²) in [5, 5.41) is 3.18. The van der Waals surface area contributed by atoms with Crippen molar-refractivity contribution in [1.82, 2.24) is 9.47 Å². The fourth-order valence-electron chi connectivity index (χ4n) is 3.13. The Labute approximate surface area is 180 Å². The van der Waals surface area contributed by atoms with Gasteiger partial charge in [0.05, 0.1) is 9.92 Å². The minimum atomic E-state index is -3.90. The molecule has 7 nitrogen and oxygen atoms in total. The van der Waals surface area contributed by atoms with Crippen LogP contribution in [0.3, 0.4) is 0 Å². The van der Waals surface area contributed by atoms with Crippen LogP contribution in [0, 0.1) is 0 Å². The first-order chi connectivity index (χ1) is 13.7. The Hall–Kier alpha value is -2.03. The maximum Gasteiger partial charge on any atom is 0.284 e. The molecule has 3 rings (SSSR count). The summed E-state index contributed by atoms with van der Waals surface area (Å²) in [5.41, 5.74) is 0.590. The summed E-state index contributed by atoms with van der Waals surface area (Å²) in [4.78, 5) is 14.4. The number of nitrogens with one attached hydrogen (secondary N) is 1. The number of anilines is 1. The first kappa shape index (κ1) is 21.7. The average Bonchev–Trinajstić information content (AvgIpc) is 2.82. The van der Waals surface area contributed by atoms with Crippen molar-refractivity contribution in [3.63, 3.8) is 0 Å². The minimum absolute atomic E-state index is 0.0170. The van der Waals surface area contributed by atoms with Crippen LogP contribution < -0.4 is 5.32 Å². The Morgan fingerprint density at radius 2 is 1.90 bits per heavy atom. The molecule has 0 bridgehead atoms. The molecule has 1 aliphatic heterocycles. The van der Waals surface area contributed by atoms with E-state index in [1.807, 2.05) is 11.9 Å². The zero-order chi connectivity index (χ0) is 21.2. The van der Waals surface area contributed by atoms with Crippen LogP contribution in [0.15, 0.2) is 39.6 Å². The second-order valence-corrected chi connectivity index (χ2v) is 9.29. The topological polar surface area (TPSA) is 83.8 Å². The van der Waals surface area contributed by atoms with Crippen LogP contribution in [-0.4, -0.2) is 43.2 Å². The van der Waals surface area contributed by atoms with Crippen LogP contribution >= 0.6 is 23.2 Å². The molecule has 1 aromatic carbocycles. The fraction of sp³-hybridized carbons (Fsp3) is 0.368. The molecule has 0 spiro atoms. The quantitative estimate of drug-likeness (QED) is 0.747. The average molecular weight is 457 g/mol. The predicted molar refractivity (Wildman–Crippen MR) is 116 cm³/mol. The molecule has 1 N–H and O–H groups in total. The monoisotopic (exact) mass is 456 g/mol. The highest BCUT2D eigenvalue weighted by Crippen LogP contribution is 2.26. The Bertz CT molecular complexity index is 1060. The molecule has 1 aliphatic rings. The third kappa shape index (κ3) is 4.94. The number of amides is 1. The molecule has 29 heavy (non-hydrogen) atoms. The second-order valence-electron chi connectivity index (χ2n) is 6.92. The van der Waals surface area contributed by atoms with E-state index in [-0.39, 0.29) is 20.8 Å². The lowest BCUT2D eigenvalue weighted by molar-refractivity contribution is 0.101. The molecule has 156 valence electrons. The van der Waals surface area contributed by atoms with E-state index in [4.69, 9.17) is 23.2 Å². The molecule has 1 aromatic heterocycles. The molecule has 1 saturated heterocycles. The van der Waals surface area contributed by atoms with Crippen molar-refractivity contribution in [2.45, 2.75) is 30.6 Å². The van der Waals surface area contributed by atoms with Crippen molar-refractivity contribution in [2.24, 2.45) is 11.4 Å². The van der Waals surface area contributed by atoms with E-state index < -0.39 is 15.9 Å². The first-order valence-corrected chi connectivity index (χ1v) is 11.4. The molecule has 2 heterocycles. The highest BCUT2D eigenvalue weighted by Gasteiger charge is 2.20. The van der Waals surface area contributed by atoms with E-state index in [0.717, 1.165) is 25.8 Å². The lowest BCUT2D eigenvalue weighted by atomic mass is 10.2. The van der Waals surface area contributed by atoms with E-state index in [1.54, 1.807) is 19.2 Å². The Balaban J connectivity index is 1.85. The van der Waals surface area contributed by atoms with Gasteiger partial charge in [0.15, 0.2) is 0 Å². The van der Waals surface area contributed by atoms with Crippen molar-refractivity contribution < 1.29 is 13.2 Å². The number of halogens is 2. The highest BCUT2D eigenvalue weighted by atomic mass is 35.5. The number of hydrogen-bond acceptors (Lipinski definition) is 3. The van der Waals surface area contributed by atoms with Crippen molar-refractivity contribution >= 4 is 50.7 Å². The van der Waals surface area contributed by atoms with Crippen LogP contribution in [0.5, 0.6) is 0 Å². The van der Waals surface area contributed by atoms with Gasteiger partial charge in [0.25, 0.3) is 15.9 Å². The van der Waals surface area contributed by atoms with Crippen LogP contribution in [0.25, 0.3) is 0 Å². The number of likely N-dealkylation sites (tertiary alicyclic amines) is 1. The van der Waals surface area contributed by atoms with Crippen molar-refractivity contribution in [1.29, 1.82) is 0 Å². The SMILES string of the molecule is CN1CCCCCC1=NS(=O)(=O)c1cccc(NC(=O)c2cc(Cl)c(Cl)n2C)c1. The fourth-order valence-corrected chi connectivity index (χ4v) is 4.64. The second kappa shape index (κ2) is 8.77. The largest absolute Gasteiger partial charge is 0.362 e. The third-order valence-corrected chi connectivity index (χ3v) is 6.94. The number of aromatic nitrogens is 1. The Morgan fingerprint density at radius 3 is 2.59 bits per heavy atom. The first-order valence-electron chi connectivity index (χ1n) is 9.16. The van der Waals surface area contributed by atoms with Gasteiger partial charge in [-0.3, -0.25) is 4.79 Å². The minimum Gasteiger partial charge on any atom is -0.362 e. The number of nitrogens with zero attached hydrogens (tertiary/aromatic N) is 3. The van der Waals surface area contributed by atoms with Crippen molar-refractivity contribution in [3.05, 3.63) is 46.2 Å². The predicted octanol–water partition coefficient (Wildman–Crippen LogP) is 4.18. The maximum absolute atomic E-state index is 12.8. The molecule has 0 atom stereocenters. The van der Waals surface area contributed by atoms with Crippen molar-refractivity contribution in [3.8, 4) is 0 Å². The van der Waals surface area contributed by atoms with E-state index in [9.17, 15) is 13.2 Å². The summed E-state index contributed by atoms with van der Waals surface area (Å²) < 4.78 is 31.1. The van der Waals surface area contributed by atoms with Gasteiger partial charge in [-0.25, -0.2) is 0 Å². The molecule has 10 heteroatoms. The standard InChI is InChI=1S/C19H22Cl2N4O3S/c1-24-10-5-3-4-9-17(24)23-29(27,28)14-8-6-7-13(11-14)22-19(26)16-12-15(20)18(21)25(16)2/h6-8,11-12H,3-5,9-10H2,1-2H3,(H,22,26). The van der Waals surface area contributed by atoms with E-state index >= 15 is 0 Å². The number of sulfonamides is 1. The number of benzene rings is 1. The molecule has 2 aromatic rings. The summed E-state index contributed by atoms with van der Waals surface area (Å²) in [6.45, 7) is 0.784. The summed E-state index contributed by atoms with van der Waals surface area (Å²) in [6, 6.07) is 7.47. The maximum atomic E-state index is 12.8. The van der Waals surface area contributed by atoms with Crippen molar-refractivity contribution in [2.75, 3.05) is 18.9 Å². The summed E-state index contributed by atoms with van der Waals surface area (Å²) in [5.74, 6) is 0.107. The van der Waals surface area contributed by atoms with Gasteiger partial charge in [0.2, 0.25) is 0 Å². The molecule has 0 aliphatic carbocycles. The molecule has 1 amide bonds. The molecule has 0 saturated carbocycles. The number of carbonyl (C=O) groups excluding carboxylic acids is 1. The lowest BCUT2D eigenvalue weighted by Crippen LogP contribution is -2.26. The molecule has 1 fully saturated rings. The zero-order valence-corrected chi connectivity index (χ0v) is 18.5. The van der Waals surface area contributed by atoms with Gasteiger partial charge in [-0.15, -0.1) is 4.40 Å². The van der Waals surface area contributed by atoms with Gasteiger partial charge in [-0.1, -0.05) is 35.7 Å². The van der Waals surface area contributed by atoms with Gasteiger partial charge in [0.1, 0.15) is 16.7 Å². The number of rotatable bonds is 4. The Kier molecular flexibility index (Phi) is 6.55. The third-order valence-electron chi connectivity index (χ3n) is 4.80. The van der Waals surface area contributed by atoms with Crippen LogP contribution in [-0.2, 0) is 17.1 Å². The number of hydrogen-bond donors (Lipinski definition) is 1. The van der Waals surface area contributed by atoms with Gasteiger partial charge >= 0.3 is 0 Å². The van der Waals surface area contributed by atoms with Gasteiger partial charge in [-0.2, -0.15) is 8.42 Å². The van der Waals surface area contributed by atoms with Gasteiger partial charge in [0, 0.05) is 32.7 Å². The van der Waals surface area contributed by atoms with Crippen LogP contribution in [0.1, 0.15) is 36.2 Å². The van der Waals surface area contributed by atoms with E-state index in [2.05, 4.69) is 9.71 Å². The molecular weight excluding hydrogens is 435 g/mol. The highest BCUT2D eigenvalue weighted by molar-refractivity contribution is 7.90. The molecular formula is C19H22Cl2N4O3S. The van der Waals surface area contributed by atoms with E-state index in [0.29, 0.717) is 17.9 Å². The number of amidine groups is 1. The van der Waals surface area contributed by atoms with Crippen LogP contribution in [0.2, 0.25) is 10.2 Å². The smallest absolute Gasteiger partial charge is 0.284 e. The zero-order valence-electron chi connectivity index (χ0n) is 16.2. The van der Waals surface area contributed by atoms with Crippen LogP contribution in [0.4, 0.5) is 5.69 Å².